The fourth-order valence-corrected chi connectivity index (χ4v) is 3.34. The lowest BCUT2D eigenvalue weighted by Gasteiger charge is -2.07. The zero-order valence-electron chi connectivity index (χ0n) is 16.4. The maximum absolute atomic E-state index is 12.1. The van der Waals surface area contributed by atoms with Crippen molar-refractivity contribution in [3.05, 3.63) is 83.9 Å². The number of hydrogen-bond donors (Lipinski definition) is 0. The lowest BCUT2D eigenvalue weighted by atomic mass is 9.97. The maximum atomic E-state index is 12.1. The molecule has 0 bridgehead atoms. The van der Waals surface area contributed by atoms with Gasteiger partial charge in [0.25, 0.3) is 0 Å². The zero-order chi connectivity index (χ0) is 19.1. The van der Waals surface area contributed by atoms with Crippen LogP contribution in [-0.2, 0) is 6.42 Å². The Labute approximate surface area is 163 Å². The average Bonchev–Trinajstić information content (AvgIpc) is 2.73. The molecule has 3 aromatic carbocycles. The standard InChI is InChI=1S/C26H28O/c1-3-5-7-26(27)25-18-16-24(17-19-25)23-14-12-22(13-15-23)21-10-8-20(6-4-2)9-11-21/h8-19H,3-7H2,1-2H3. The molecule has 3 rings (SSSR count). The Balaban J connectivity index is 1.72. The summed E-state index contributed by atoms with van der Waals surface area (Å²) < 4.78 is 0. The van der Waals surface area contributed by atoms with Gasteiger partial charge in [-0.2, -0.15) is 0 Å². The summed E-state index contributed by atoms with van der Waals surface area (Å²) in [5.41, 5.74) is 7.01. The van der Waals surface area contributed by atoms with Gasteiger partial charge in [0, 0.05) is 12.0 Å². The highest BCUT2D eigenvalue weighted by atomic mass is 16.1. The number of hydrogen-bond acceptors (Lipinski definition) is 1. The van der Waals surface area contributed by atoms with E-state index in [9.17, 15) is 4.79 Å². The zero-order valence-corrected chi connectivity index (χ0v) is 16.4. The molecule has 0 aliphatic rings. The molecule has 1 heteroatoms. The van der Waals surface area contributed by atoms with Gasteiger partial charge in [-0.25, -0.2) is 0 Å². The van der Waals surface area contributed by atoms with Gasteiger partial charge in [-0.1, -0.05) is 99.5 Å². The van der Waals surface area contributed by atoms with Gasteiger partial charge in [0.15, 0.2) is 5.78 Å². The van der Waals surface area contributed by atoms with Crippen molar-refractivity contribution in [2.75, 3.05) is 0 Å². The molecule has 1 nitrogen and oxygen atoms in total. The van der Waals surface area contributed by atoms with Gasteiger partial charge in [-0.15, -0.1) is 0 Å². The van der Waals surface area contributed by atoms with Crippen LogP contribution in [0.1, 0.15) is 55.5 Å². The minimum absolute atomic E-state index is 0.241. The first-order valence-electron chi connectivity index (χ1n) is 10.0. The largest absolute Gasteiger partial charge is 0.294 e. The third-order valence-electron chi connectivity index (χ3n) is 5.01. The van der Waals surface area contributed by atoms with E-state index in [0.717, 1.165) is 30.4 Å². The summed E-state index contributed by atoms with van der Waals surface area (Å²) in [6.07, 6.45) is 4.97. The van der Waals surface area contributed by atoms with E-state index in [1.165, 1.54) is 28.7 Å². The molecule has 0 saturated carbocycles. The van der Waals surface area contributed by atoms with Crippen molar-refractivity contribution >= 4 is 5.78 Å². The van der Waals surface area contributed by atoms with Crippen molar-refractivity contribution in [3.8, 4) is 22.3 Å². The number of rotatable bonds is 8. The van der Waals surface area contributed by atoms with Crippen LogP contribution >= 0.6 is 0 Å². The van der Waals surface area contributed by atoms with Crippen LogP contribution in [0.4, 0.5) is 0 Å². The van der Waals surface area contributed by atoms with Crippen LogP contribution in [0.25, 0.3) is 22.3 Å². The molecule has 27 heavy (non-hydrogen) atoms. The molecule has 0 saturated heterocycles. The Morgan fingerprint density at radius 2 is 1.07 bits per heavy atom. The summed E-state index contributed by atoms with van der Waals surface area (Å²) in [6, 6.07) is 25.5. The van der Waals surface area contributed by atoms with Crippen LogP contribution in [0.5, 0.6) is 0 Å². The summed E-state index contributed by atoms with van der Waals surface area (Å²) in [5, 5.41) is 0. The number of unbranched alkanes of at least 4 members (excludes halogenated alkanes) is 1. The molecule has 0 radical (unpaired) electrons. The predicted molar refractivity (Wildman–Crippen MR) is 115 cm³/mol. The van der Waals surface area contributed by atoms with E-state index in [2.05, 4.69) is 62.4 Å². The fraction of sp³-hybridized carbons (Fsp3) is 0.269. The Kier molecular flexibility index (Phi) is 6.59. The molecule has 0 aliphatic heterocycles. The SMILES string of the molecule is CCCCC(=O)c1ccc(-c2ccc(-c3ccc(CCC)cc3)cc2)cc1. The lowest BCUT2D eigenvalue weighted by molar-refractivity contribution is 0.0980. The highest BCUT2D eigenvalue weighted by Gasteiger charge is 2.06. The van der Waals surface area contributed by atoms with Gasteiger partial charge in [-0.05, 0) is 40.7 Å². The van der Waals surface area contributed by atoms with Crippen LogP contribution < -0.4 is 0 Å². The van der Waals surface area contributed by atoms with Crippen molar-refractivity contribution in [2.45, 2.75) is 46.0 Å². The van der Waals surface area contributed by atoms with Gasteiger partial charge in [0.05, 0.1) is 0 Å². The molecule has 0 amide bonds. The van der Waals surface area contributed by atoms with Crippen molar-refractivity contribution in [1.82, 2.24) is 0 Å². The quantitative estimate of drug-likeness (QED) is 0.386. The number of benzene rings is 3. The van der Waals surface area contributed by atoms with Crippen LogP contribution in [0.3, 0.4) is 0 Å². The molecule has 0 fully saturated rings. The van der Waals surface area contributed by atoms with Crippen LogP contribution in [0.15, 0.2) is 72.8 Å². The molecule has 138 valence electrons. The lowest BCUT2D eigenvalue weighted by Crippen LogP contribution is -1.98. The number of carbonyl (C=O) groups is 1. The van der Waals surface area contributed by atoms with E-state index in [4.69, 9.17) is 0 Å². The Hall–Kier alpha value is -2.67. The van der Waals surface area contributed by atoms with Crippen molar-refractivity contribution in [3.63, 3.8) is 0 Å². The average molecular weight is 357 g/mol. The second-order valence-corrected chi connectivity index (χ2v) is 7.13. The fourth-order valence-electron chi connectivity index (χ4n) is 3.34. The maximum Gasteiger partial charge on any atom is 0.162 e. The van der Waals surface area contributed by atoms with Gasteiger partial charge < -0.3 is 0 Å². The van der Waals surface area contributed by atoms with Crippen LogP contribution in [-0.4, -0.2) is 5.78 Å². The molecule has 0 N–H and O–H groups in total. The smallest absolute Gasteiger partial charge is 0.162 e. The van der Waals surface area contributed by atoms with Gasteiger partial charge in [0.1, 0.15) is 0 Å². The first kappa shape index (κ1) is 19.1. The van der Waals surface area contributed by atoms with E-state index in [-0.39, 0.29) is 5.78 Å². The third kappa shape index (κ3) is 4.95. The van der Waals surface area contributed by atoms with Crippen molar-refractivity contribution < 1.29 is 4.79 Å². The van der Waals surface area contributed by atoms with E-state index in [0.29, 0.717) is 6.42 Å². The van der Waals surface area contributed by atoms with E-state index in [1.54, 1.807) is 0 Å². The van der Waals surface area contributed by atoms with Gasteiger partial charge in [-0.3, -0.25) is 4.79 Å². The van der Waals surface area contributed by atoms with E-state index >= 15 is 0 Å². The number of ketones is 1. The van der Waals surface area contributed by atoms with Crippen molar-refractivity contribution in [1.29, 1.82) is 0 Å². The molecule has 0 aromatic heterocycles. The molecule has 0 atom stereocenters. The van der Waals surface area contributed by atoms with E-state index < -0.39 is 0 Å². The molecule has 0 unspecified atom stereocenters. The minimum atomic E-state index is 0.241. The Morgan fingerprint density at radius 3 is 1.52 bits per heavy atom. The molecular weight excluding hydrogens is 328 g/mol. The Bertz CT molecular complexity index is 856. The van der Waals surface area contributed by atoms with E-state index in [1.807, 2.05) is 24.3 Å². The summed E-state index contributed by atoms with van der Waals surface area (Å²) in [6.45, 7) is 4.32. The summed E-state index contributed by atoms with van der Waals surface area (Å²) in [5.74, 6) is 0.241. The van der Waals surface area contributed by atoms with Crippen LogP contribution in [0, 0.1) is 0 Å². The van der Waals surface area contributed by atoms with Crippen LogP contribution in [0.2, 0.25) is 0 Å². The first-order chi connectivity index (χ1) is 13.2. The molecule has 0 aliphatic carbocycles. The summed E-state index contributed by atoms with van der Waals surface area (Å²) >= 11 is 0. The topological polar surface area (TPSA) is 17.1 Å². The Morgan fingerprint density at radius 1 is 0.630 bits per heavy atom. The molecule has 0 heterocycles. The first-order valence-corrected chi connectivity index (χ1v) is 10.0. The normalized spacial score (nSPS) is 10.7. The second-order valence-electron chi connectivity index (χ2n) is 7.13. The highest BCUT2D eigenvalue weighted by molar-refractivity contribution is 5.96. The molecular formula is C26H28O. The molecule has 3 aromatic rings. The van der Waals surface area contributed by atoms with Gasteiger partial charge >= 0.3 is 0 Å². The highest BCUT2D eigenvalue weighted by Crippen LogP contribution is 2.26. The summed E-state index contributed by atoms with van der Waals surface area (Å²) in [4.78, 5) is 12.1. The number of carbonyl (C=O) groups excluding carboxylic acids is 1. The number of aryl methyl sites for hydroxylation is 1. The van der Waals surface area contributed by atoms with Crippen molar-refractivity contribution in [2.24, 2.45) is 0 Å². The minimum Gasteiger partial charge on any atom is -0.294 e. The number of Topliss-reactive ketones (excluding diaryl/α,β-unsaturated/α-hetero) is 1. The third-order valence-corrected chi connectivity index (χ3v) is 5.01. The predicted octanol–water partition coefficient (Wildman–Crippen LogP) is 7.35. The summed E-state index contributed by atoms with van der Waals surface area (Å²) in [7, 11) is 0. The van der Waals surface area contributed by atoms with Gasteiger partial charge in [0.2, 0.25) is 0 Å². The second kappa shape index (κ2) is 9.32. The monoisotopic (exact) mass is 356 g/mol. The molecule has 0 spiro atoms.